The summed E-state index contributed by atoms with van der Waals surface area (Å²) in [7, 11) is 0. The lowest BCUT2D eigenvalue weighted by Crippen LogP contribution is -2.37. The molecule has 7 nitrogen and oxygen atoms in total. The van der Waals surface area contributed by atoms with Crippen LogP contribution in [0.1, 0.15) is 11.3 Å². The molecule has 1 aliphatic rings. The number of aromatic nitrogens is 5. The number of morpholine rings is 1. The van der Waals surface area contributed by atoms with Gasteiger partial charge in [0.05, 0.1) is 18.9 Å². The van der Waals surface area contributed by atoms with Crippen LogP contribution in [-0.2, 0) is 10.5 Å². The van der Waals surface area contributed by atoms with E-state index in [4.69, 9.17) is 4.74 Å². The molecule has 29 heavy (non-hydrogen) atoms. The largest absolute Gasteiger partial charge is 0.379 e. The molecule has 3 aromatic heterocycles. The lowest BCUT2D eigenvalue weighted by molar-refractivity contribution is 0.0410. The van der Waals surface area contributed by atoms with Crippen LogP contribution in [0.3, 0.4) is 0 Å². The third kappa shape index (κ3) is 5.57. The second-order valence-electron chi connectivity index (χ2n) is 6.68. The first-order valence-electron chi connectivity index (χ1n) is 9.62. The molecule has 0 aliphatic carbocycles. The Morgan fingerprint density at radius 2 is 2.07 bits per heavy atom. The topological polar surface area (TPSA) is 79.8 Å². The second-order valence-corrected chi connectivity index (χ2v) is 8.76. The van der Waals surface area contributed by atoms with E-state index in [2.05, 4.69) is 43.0 Å². The fourth-order valence-corrected chi connectivity index (χ4v) is 4.93. The zero-order valence-corrected chi connectivity index (χ0v) is 18.0. The zero-order valence-electron chi connectivity index (χ0n) is 16.4. The van der Waals surface area contributed by atoms with Gasteiger partial charge in [0.15, 0.2) is 5.82 Å². The van der Waals surface area contributed by atoms with Gasteiger partial charge in [0.25, 0.3) is 0 Å². The minimum Gasteiger partial charge on any atom is -0.379 e. The average molecular weight is 429 g/mol. The predicted molar refractivity (Wildman–Crippen MR) is 116 cm³/mol. The van der Waals surface area contributed by atoms with Gasteiger partial charge in [0.2, 0.25) is 5.16 Å². The van der Waals surface area contributed by atoms with Crippen LogP contribution in [0.4, 0.5) is 0 Å². The molecule has 0 bridgehead atoms. The zero-order chi connectivity index (χ0) is 19.9. The molecule has 0 saturated carbocycles. The number of rotatable bonds is 8. The van der Waals surface area contributed by atoms with Crippen molar-refractivity contribution in [3.8, 4) is 11.4 Å². The van der Waals surface area contributed by atoms with Gasteiger partial charge < -0.3 is 4.74 Å². The predicted octanol–water partition coefficient (Wildman–Crippen LogP) is 3.29. The van der Waals surface area contributed by atoms with E-state index in [1.807, 2.05) is 30.1 Å². The highest BCUT2D eigenvalue weighted by atomic mass is 32.2. The lowest BCUT2D eigenvalue weighted by Gasteiger charge is -2.26. The Bertz CT molecular complexity index is 914. The Labute approximate surface area is 179 Å². The van der Waals surface area contributed by atoms with Gasteiger partial charge in [-0.2, -0.15) is 0 Å². The van der Waals surface area contributed by atoms with Gasteiger partial charge in [-0.3, -0.25) is 20.0 Å². The van der Waals surface area contributed by atoms with Crippen LogP contribution in [0.25, 0.3) is 11.4 Å². The van der Waals surface area contributed by atoms with Crippen LogP contribution < -0.4 is 0 Å². The molecule has 0 radical (unpaired) electrons. The van der Waals surface area contributed by atoms with Crippen molar-refractivity contribution in [2.24, 2.45) is 0 Å². The molecule has 9 heteroatoms. The van der Waals surface area contributed by atoms with Crippen LogP contribution in [0.2, 0.25) is 0 Å². The van der Waals surface area contributed by atoms with Gasteiger partial charge >= 0.3 is 0 Å². The number of hydrogen-bond acceptors (Lipinski definition) is 8. The molecule has 3 aromatic rings. The van der Waals surface area contributed by atoms with E-state index < -0.39 is 0 Å². The maximum atomic E-state index is 5.41. The number of nitrogens with one attached hydrogen (secondary N) is 1. The van der Waals surface area contributed by atoms with Crippen LogP contribution in [0, 0.1) is 6.92 Å². The summed E-state index contributed by atoms with van der Waals surface area (Å²) in [4.78, 5) is 17.0. The van der Waals surface area contributed by atoms with Gasteiger partial charge in [0.1, 0.15) is 0 Å². The molecule has 0 unspecified atom stereocenters. The van der Waals surface area contributed by atoms with Gasteiger partial charge in [-0.25, -0.2) is 4.98 Å². The Balaban J connectivity index is 1.32. The van der Waals surface area contributed by atoms with Crippen molar-refractivity contribution in [1.82, 2.24) is 30.0 Å². The highest BCUT2D eigenvalue weighted by molar-refractivity contribution is 7.99. The molecule has 0 spiro atoms. The van der Waals surface area contributed by atoms with Crippen LogP contribution in [-0.4, -0.2) is 68.7 Å². The molecule has 4 rings (SSSR count). The molecule has 0 atom stereocenters. The maximum Gasteiger partial charge on any atom is 0.209 e. The van der Waals surface area contributed by atoms with Crippen molar-refractivity contribution in [3.63, 3.8) is 0 Å². The van der Waals surface area contributed by atoms with Crippen molar-refractivity contribution in [3.05, 3.63) is 48.0 Å². The SMILES string of the molecule is Cc1c(SCCN2CCOCC2)ccnc1CSc1n[nH]c(-c2cccnc2)n1. The highest BCUT2D eigenvalue weighted by Crippen LogP contribution is 2.28. The van der Waals surface area contributed by atoms with Crippen LogP contribution in [0.5, 0.6) is 0 Å². The summed E-state index contributed by atoms with van der Waals surface area (Å²) < 4.78 is 5.41. The van der Waals surface area contributed by atoms with Crippen molar-refractivity contribution in [1.29, 1.82) is 0 Å². The normalized spacial score (nSPS) is 14.9. The van der Waals surface area contributed by atoms with Gasteiger partial charge in [-0.05, 0) is 30.7 Å². The van der Waals surface area contributed by atoms with Crippen LogP contribution >= 0.6 is 23.5 Å². The number of pyridine rings is 2. The summed E-state index contributed by atoms with van der Waals surface area (Å²) in [5, 5.41) is 8.01. The minimum atomic E-state index is 0.718. The summed E-state index contributed by atoms with van der Waals surface area (Å²) in [6, 6.07) is 5.96. The second kappa shape index (κ2) is 10.2. The molecule has 1 saturated heterocycles. The number of aromatic amines is 1. The van der Waals surface area contributed by atoms with Crippen molar-refractivity contribution < 1.29 is 4.74 Å². The minimum absolute atomic E-state index is 0.718. The summed E-state index contributed by atoms with van der Waals surface area (Å²) in [5.41, 5.74) is 3.26. The van der Waals surface area contributed by atoms with Gasteiger partial charge in [0, 0.05) is 60.2 Å². The lowest BCUT2D eigenvalue weighted by atomic mass is 10.2. The van der Waals surface area contributed by atoms with E-state index in [9.17, 15) is 0 Å². The van der Waals surface area contributed by atoms with E-state index in [1.54, 1.807) is 24.2 Å². The van der Waals surface area contributed by atoms with E-state index in [0.717, 1.165) is 66.6 Å². The molecule has 1 N–H and O–H groups in total. The van der Waals surface area contributed by atoms with Crippen molar-refractivity contribution in [2.75, 3.05) is 38.6 Å². The van der Waals surface area contributed by atoms with Crippen molar-refractivity contribution in [2.45, 2.75) is 22.7 Å². The summed E-state index contributed by atoms with van der Waals surface area (Å²) in [6.07, 6.45) is 5.42. The van der Waals surface area contributed by atoms with Gasteiger partial charge in [-0.1, -0.05) is 11.8 Å². The Hall–Kier alpha value is -1.94. The van der Waals surface area contributed by atoms with E-state index in [0.29, 0.717) is 0 Å². The molecule has 1 fully saturated rings. The standard InChI is InChI=1S/C20H24N6OS2/c1-15-17(14-29-20-23-19(24-25-20)16-3-2-5-21-13-16)22-6-4-18(15)28-12-9-26-7-10-27-11-8-26/h2-6,13H,7-12,14H2,1H3,(H,23,24,25). The third-order valence-corrected chi connectivity index (χ3v) is 6.76. The monoisotopic (exact) mass is 428 g/mol. The Kier molecular flexibility index (Phi) is 7.15. The quantitative estimate of drug-likeness (QED) is 0.548. The Morgan fingerprint density at radius 1 is 1.17 bits per heavy atom. The van der Waals surface area contributed by atoms with E-state index in [1.165, 1.54) is 10.5 Å². The average Bonchev–Trinajstić information content (AvgIpc) is 3.25. The van der Waals surface area contributed by atoms with Gasteiger partial charge in [-0.15, -0.1) is 16.9 Å². The molecule has 152 valence electrons. The molecule has 4 heterocycles. The molecular weight excluding hydrogens is 404 g/mol. The summed E-state index contributed by atoms with van der Waals surface area (Å²) in [6.45, 7) is 7.02. The fraction of sp³-hybridized carbons (Fsp3) is 0.400. The molecule has 0 aromatic carbocycles. The first-order chi connectivity index (χ1) is 14.3. The Morgan fingerprint density at radius 3 is 2.90 bits per heavy atom. The van der Waals surface area contributed by atoms with E-state index in [-0.39, 0.29) is 0 Å². The van der Waals surface area contributed by atoms with E-state index >= 15 is 0 Å². The van der Waals surface area contributed by atoms with Crippen LogP contribution in [0.15, 0.2) is 46.8 Å². The number of H-pyrrole nitrogens is 1. The number of ether oxygens (including phenoxy) is 1. The first-order valence-corrected chi connectivity index (χ1v) is 11.6. The van der Waals surface area contributed by atoms with Crippen molar-refractivity contribution >= 4 is 23.5 Å². The third-order valence-electron chi connectivity index (χ3n) is 4.77. The highest BCUT2D eigenvalue weighted by Gasteiger charge is 2.12. The molecular formula is C20H24N6OS2. The smallest absolute Gasteiger partial charge is 0.209 e. The maximum absolute atomic E-state index is 5.41. The number of hydrogen-bond donors (Lipinski definition) is 1. The summed E-state index contributed by atoms with van der Waals surface area (Å²) in [5.74, 6) is 2.55. The fourth-order valence-electron chi connectivity index (χ4n) is 3.05. The molecule has 1 aliphatic heterocycles. The number of thioether (sulfide) groups is 2. The number of nitrogens with zero attached hydrogens (tertiary/aromatic N) is 5. The summed E-state index contributed by atoms with van der Waals surface area (Å²) >= 11 is 3.49. The molecule has 0 amide bonds. The first kappa shape index (κ1) is 20.3.